The van der Waals surface area contributed by atoms with Gasteiger partial charge in [0.2, 0.25) is 0 Å². The van der Waals surface area contributed by atoms with Gasteiger partial charge in [0.15, 0.2) is 5.76 Å². The Bertz CT molecular complexity index is 433. The lowest BCUT2D eigenvalue weighted by Crippen LogP contribution is -2.27. The highest BCUT2D eigenvalue weighted by atomic mass is 16.3. The Balaban J connectivity index is 1.86. The Labute approximate surface area is 91.7 Å². The third-order valence-electron chi connectivity index (χ3n) is 2.13. The van der Waals surface area contributed by atoms with E-state index >= 15 is 0 Å². The molecule has 0 aromatic carbocycles. The van der Waals surface area contributed by atoms with Gasteiger partial charge in [-0.05, 0) is 18.2 Å². The molecular formula is C11H11NO4. The normalized spacial score (nSPS) is 12.3. The van der Waals surface area contributed by atoms with Crippen molar-refractivity contribution in [2.24, 2.45) is 0 Å². The number of nitrogens with one attached hydrogen (secondary N) is 1. The Hall–Kier alpha value is -2.01. The van der Waals surface area contributed by atoms with E-state index in [-0.39, 0.29) is 18.2 Å². The first-order valence-electron chi connectivity index (χ1n) is 4.79. The van der Waals surface area contributed by atoms with Gasteiger partial charge in [-0.3, -0.25) is 4.79 Å². The van der Waals surface area contributed by atoms with Crippen LogP contribution in [-0.4, -0.2) is 17.6 Å². The molecule has 5 heteroatoms. The molecular weight excluding hydrogens is 210 g/mol. The molecule has 84 valence electrons. The first kappa shape index (κ1) is 10.5. The Morgan fingerprint density at radius 2 is 2.31 bits per heavy atom. The molecule has 0 bridgehead atoms. The number of amides is 1. The lowest BCUT2D eigenvalue weighted by atomic mass is 10.2. The summed E-state index contributed by atoms with van der Waals surface area (Å²) in [6.07, 6.45) is 3.54. The van der Waals surface area contributed by atoms with Crippen molar-refractivity contribution in [1.82, 2.24) is 5.32 Å². The van der Waals surface area contributed by atoms with E-state index in [4.69, 9.17) is 8.83 Å². The largest absolute Gasteiger partial charge is 0.472 e. The van der Waals surface area contributed by atoms with Gasteiger partial charge in [0.1, 0.15) is 0 Å². The molecule has 0 aliphatic carbocycles. The van der Waals surface area contributed by atoms with Crippen LogP contribution >= 0.6 is 0 Å². The van der Waals surface area contributed by atoms with Crippen molar-refractivity contribution in [2.45, 2.75) is 6.10 Å². The first-order valence-corrected chi connectivity index (χ1v) is 4.79. The molecule has 1 amide bonds. The zero-order valence-corrected chi connectivity index (χ0v) is 8.42. The average Bonchev–Trinajstić information content (AvgIpc) is 2.95. The fourth-order valence-electron chi connectivity index (χ4n) is 1.27. The van der Waals surface area contributed by atoms with Gasteiger partial charge in [-0.25, -0.2) is 0 Å². The maximum absolute atomic E-state index is 11.4. The van der Waals surface area contributed by atoms with Gasteiger partial charge in [-0.2, -0.15) is 0 Å². The van der Waals surface area contributed by atoms with Crippen LogP contribution in [0.25, 0.3) is 0 Å². The molecule has 0 aliphatic heterocycles. The molecule has 0 saturated carbocycles. The zero-order chi connectivity index (χ0) is 11.4. The number of aliphatic hydroxyl groups is 1. The van der Waals surface area contributed by atoms with Crippen LogP contribution in [-0.2, 0) is 0 Å². The lowest BCUT2D eigenvalue weighted by molar-refractivity contribution is 0.0888. The van der Waals surface area contributed by atoms with Crippen molar-refractivity contribution < 1.29 is 18.7 Å². The van der Waals surface area contributed by atoms with Crippen LogP contribution in [0.2, 0.25) is 0 Å². The summed E-state index contributed by atoms with van der Waals surface area (Å²) >= 11 is 0. The molecule has 0 fully saturated rings. The van der Waals surface area contributed by atoms with Crippen LogP contribution in [0.5, 0.6) is 0 Å². The first-order chi connectivity index (χ1) is 7.77. The van der Waals surface area contributed by atoms with E-state index in [1.807, 2.05) is 0 Å². The Morgan fingerprint density at radius 1 is 1.44 bits per heavy atom. The van der Waals surface area contributed by atoms with Crippen LogP contribution in [0.1, 0.15) is 22.2 Å². The number of furan rings is 2. The molecule has 1 atom stereocenters. The van der Waals surface area contributed by atoms with Gasteiger partial charge in [0.25, 0.3) is 5.91 Å². The van der Waals surface area contributed by atoms with E-state index in [2.05, 4.69) is 5.32 Å². The Kier molecular flexibility index (Phi) is 3.07. The highest BCUT2D eigenvalue weighted by molar-refractivity contribution is 5.91. The molecule has 2 heterocycles. The second-order valence-electron chi connectivity index (χ2n) is 3.26. The van der Waals surface area contributed by atoms with Crippen LogP contribution < -0.4 is 5.32 Å². The predicted octanol–water partition coefficient (Wildman–Crippen LogP) is 1.34. The van der Waals surface area contributed by atoms with Crippen LogP contribution in [0.3, 0.4) is 0 Å². The maximum Gasteiger partial charge on any atom is 0.287 e. The van der Waals surface area contributed by atoms with Crippen molar-refractivity contribution in [2.75, 3.05) is 6.54 Å². The summed E-state index contributed by atoms with van der Waals surface area (Å²) in [5.41, 5.74) is 0.625. The summed E-state index contributed by atoms with van der Waals surface area (Å²) in [5.74, 6) is -0.132. The van der Waals surface area contributed by atoms with E-state index in [9.17, 15) is 9.90 Å². The minimum atomic E-state index is -0.780. The number of hydrogen-bond acceptors (Lipinski definition) is 4. The maximum atomic E-state index is 11.4. The van der Waals surface area contributed by atoms with Crippen LogP contribution in [0.15, 0.2) is 45.8 Å². The minimum absolute atomic E-state index is 0.110. The molecule has 2 aromatic heterocycles. The van der Waals surface area contributed by atoms with Gasteiger partial charge >= 0.3 is 0 Å². The van der Waals surface area contributed by atoms with Gasteiger partial charge in [0, 0.05) is 12.1 Å². The summed E-state index contributed by atoms with van der Waals surface area (Å²) in [6, 6.07) is 4.82. The van der Waals surface area contributed by atoms with Crippen molar-refractivity contribution in [1.29, 1.82) is 0 Å². The van der Waals surface area contributed by atoms with E-state index in [0.29, 0.717) is 5.56 Å². The third-order valence-corrected chi connectivity index (χ3v) is 2.13. The fourth-order valence-corrected chi connectivity index (χ4v) is 1.27. The van der Waals surface area contributed by atoms with Gasteiger partial charge in [-0.1, -0.05) is 0 Å². The monoisotopic (exact) mass is 221 g/mol. The Morgan fingerprint density at radius 3 is 2.94 bits per heavy atom. The van der Waals surface area contributed by atoms with E-state index in [1.54, 1.807) is 18.2 Å². The number of rotatable bonds is 4. The summed E-state index contributed by atoms with van der Waals surface area (Å²) in [7, 11) is 0. The molecule has 0 spiro atoms. The number of carbonyl (C=O) groups excluding carboxylic acids is 1. The lowest BCUT2D eigenvalue weighted by Gasteiger charge is -2.08. The molecule has 0 saturated heterocycles. The zero-order valence-electron chi connectivity index (χ0n) is 8.42. The highest BCUT2D eigenvalue weighted by Gasteiger charge is 2.12. The molecule has 16 heavy (non-hydrogen) atoms. The number of aliphatic hydroxyl groups excluding tert-OH is 1. The minimum Gasteiger partial charge on any atom is -0.472 e. The topological polar surface area (TPSA) is 75.6 Å². The van der Waals surface area contributed by atoms with Crippen molar-refractivity contribution in [3.8, 4) is 0 Å². The molecule has 2 aromatic rings. The van der Waals surface area contributed by atoms with E-state index < -0.39 is 6.10 Å². The smallest absolute Gasteiger partial charge is 0.287 e. The van der Waals surface area contributed by atoms with E-state index in [1.165, 1.54) is 18.8 Å². The summed E-state index contributed by atoms with van der Waals surface area (Å²) in [4.78, 5) is 11.4. The van der Waals surface area contributed by atoms with Crippen molar-refractivity contribution in [3.63, 3.8) is 0 Å². The van der Waals surface area contributed by atoms with Crippen molar-refractivity contribution in [3.05, 3.63) is 48.3 Å². The third kappa shape index (κ3) is 2.32. The number of hydrogen-bond donors (Lipinski definition) is 2. The number of carbonyl (C=O) groups is 1. The van der Waals surface area contributed by atoms with Gasteiger partial charge in [-0.15, -0.1) is 0 Å². The summed E-state index contributed by atoms with van der Waals surface area (Å²) < 4.78 is 9.73. The highest BCUT2D eigenvalue weighted by Crippen LogP contribution is 2.11. The van der Waals surface area contributed by atoms with E-state index in [0.717, 1.165) is 0 Å². The average molecular weight is 221 g/mol. The predicted molar refractivity (Wildman–Crippen MR) is 54.7 cm³/mol. The fraction of sp³-hybridized carbons (Fsp3) is 0.182. The van der Waals surface area contributed by atoms with Crippen molar-refractivity contribution >= 4 is 5.91 Å². The molecule has 0 radical (unpaired) electrons. The molecule has 2 N–H and O–H groups in total. The second kappa shape index (κ2) is 4.67. The second-order valence-corrected chi connectivity index (χ2v) is 3.26. The van der Waals surface area contributed by atoms with Gasteiger partial charge in [0.05, 0.1) is 24.9 Å². The SMILES string of the molecule is O=C(NC[C@@H](O)c1ccoc1)c1ccco1. The molecule has 2 rings (SSSR count). The van der Waals surface area contributed by atoms with Crippen LogP contribution in [0.4, 0.5) is 0 Å². The molecule has 5 nitrogen and oxygen atoms in total. The van der Waals surface area contributed by atoms with Crippen LogP contribution in [0, 0.1) is 0 Å². The quantitative estimate of drug-likeness (QED) is 0.816. The standard InChI is InChI=1S/C11H11NO4/c13-9(8-3-5-15-7-8)6-12-11(14)10-2-1-4-16-10/h1-5,7,9,13H,6H2,(H,12,14)/t9-/m1/s1. The summed E-state index contributed by atoms with van der Waals surface area (Å²) in [5, 5.41) is 12.2. The molecule has 0 unspecified atom stereocenters. The molecule has 0 aliphatic rings. The van der Waals surface area contributed by atoms with Gasteiger partial charge < -0.3 is 19.3 Å². The summed E-state index contributed by atoms with van der Waals surface area (Å²) in [6.45, 7) is 0.110.